The number of rotatable bonds is 6. The van der Waals surface area contributed by atoms with Crippen molar-refractivity contribution in [1.82, 2.24) is 0 Å². The maximum absolute atomic E-state index is 11.7. The fraction of sp³-hybridized carbons (Fsp3) is 0.138. The summed E-state index contributed by atoms with van der Waals surface area (Å²) in [4.78, 5) is 11.7. The minimum atomic E-state index is -1.15. The highest BCUT2D eigenvalue weighted by Gasteiger charge is 2.48. The summed E-state index contributed by atoms with van der Waals surface area (Å²) in [5.74, 6) is -1.09. The van der Waals surface area contributed by atoms with Gasteiger partial charge in [0.1, 0.15) is 11.6 Å². The fourth-order valence-electron chi connectivity index (χ4n) is 4.78. The van der Waals surface area contributed by atoms with Gasteiger partial charge >= 0.3 is 5.97 Å². The molecule has 4 aromatic rings. The number of carboxylic acids is 1. The first-order chi connectivity index (χ1) is 16.0. The van der Waals surface area contributed by atoms with Gasteiger partial charge in [-0.25, -0.2) is 0 Å². The molecule has 0 fully saturated rings. The number of benzene rings is 4. The van der Waals surface area contributed by atoms with Crippen LogP contribution in [0.1, 0.15) is 23.6 Å². The second-order valence-electron chi connectivity index (χ2n) is 8.41. The number of fused-ring (bicyclic) bond motifs is 3. The van der Waals surface area contributed by atoms with Gasteiger partial charge in [-0.15, -0.1) is 0 Å². The van der Waals surface area contributed by atoms with E-state index in [-0.39, 0.29) is 0 Å². The smallest absolute Gasteiger partial charge is 0.323 e. The third-order valence-corrected chi connectivity index (χ3v) is 6.44. The Bertz CT molecular complexity index is 1300. The standard InChI is InChI=1S/C29H25NO3/c1-19(27(30)28(31)32)33-29(22-12-6-3-7-13-22)25-15-9-8-14-23(25)24-17-16-21(18-26(24)29)20-10-4-2-5-11-20/h2-19,27H,30H2,1H3,(H,31,32)/t19?,27-,29?/m0/s1. The first-order valence-corrected chi connectivity index (χ1v) is 11.0. The van der Waals surface area contributed by atoms with Crippen LogP contribution >= 0.6 is 0 Å². The van der Waals surface area contributed by atoms with Crippen LogP contribution in [0.25, 0.3) is 22.3 Å². The summed E-state index contributed by atoms with van der Waals surface area (Å²) in [6.45, 7) is 1.73. The van der Waals surface area contributed by atoms with E-state index >= 15 is 0 Å². The molecule has 0 aromatic heterocycles. The molecule has 164 valence electrons. The normalized spacial score (nSPS) is 18.2. The van der Waals surface area contributed by atoms with Gasteiger partial charge in [0.2, 0.25) is 0 Å². The SMILES string of the molecule is CC(OC1(c2ccccc2)c2ccccc2-c2ccc(-c3ccccc3)cc21)[C@H](N)C(=O)O. The largest absolute Gasteiger partial charge is 0.480 e. The van der Waals surface area contributed by atoms with Gasteiger partial charge in [-0.05, 0) is 40.8 Å². The van der Waals surface area contributed by atoms with E-state index in [0.717, 1.165) is 38.9 Å². The van der Waals surface area contributed by atoms with Crippen LogP contribution in [0.2, 0.25) is 0 Å². The Kier molecular flexibility index (Phi) is 5.33. The number of aliphatic carboxylic acids is 1. The number of hydrogen-bond acceptors (Lipinski definition) is 3. The molecule has 0 aliphatic heterocycles. The van der Waals surface area contributed by atoms with Gasteiger partial charge in [0.05, 0.1) is 6.10 Å². The third kappa shape index (κ3) is 3.44. The van der Waals surface area contributed by atoms with Gasteiger partial charge in [0, 0.05) is 11.1 Å². The fourth-order valence-corrected chi connectivity index (χ4v) is 4.78. The number of hydrogen-bond donors (Lipinski definition) is 2. The minimum Gasteiger partial charge on any atom is -0.480 e. The van der Waals surface area contributed by atoms with Crippen molar-refractivity contribution in [3.8, 4) is 22.3 Å². The van der Waals surface area contributed by atoms with Crippen molar-refractivity contribution in [2.45, 2.75) is 24.7 Å². The molecule has 0 bridgehead atoms. The van der Waals surface area contributed by atoms with Crippen molar-refractivity contribution in [1.29, 1.82) is 0 Å². The van der Waals surface area contributed by atoms with E-state index in [0.29, 0.717) is 0 Å². The van der Waals surface area contributed by atoms with Crippen LogP contribution in [0.4, 0.5) is 0 Å². The molecule has 3 atom stereocenters. The summed E-state index contributed by atoms with van der Waals surface area (Å²) in [7, 11) is 0. The third-order valence-electron chi connectivity index (χ3n) is 6.44. The van der Waals surface area contributed by atoms with E-state index < -0.39 is 23.7 Å². The number of nitrogens with two attached hydrogens (primary N) is 1. The average molecular weight is 436 g/mol. The summed E-state index contributed by atoms with van der Waals surface area (Å²) in [6, 6.07) is 33.6. The van der Waals surface area contributed by atoms with Crippen LogP contribution in [0.5, 0.6) is 0 Å². The predicted octanol–water partition coefficient (Wildman–Crippen LogP) is 5.44. The van der Waals surface area contributed by atoms with Crippen LogP contribution in [0, 0.1) is 0 Å². The van der Waals surface area contributed by atoms with Crippen LogP contribution in [-0.2, 0) is 15.1 Å². The van der Waals surface area contributed by atoms with Gasteiger partial charge in [-0.3, -0.25) is 4.79 Å². The molecule has 4 aromatic carbocycles. The Hall–Kier alpha value is -3.73. The molecule has 0 saturated carbocycles. The maximum atomic E-state index is 11.7. The van der Waals surface area contributed by atoms with E-state index in [4.69, 9.17) is 10.5 Å². The minimum absolute atomic E-state index is 0.734. The lowest BCUT2D eigenvalue weighted by molar-refractivity contribution is -0.144. The van der Waals surface area contributed by atoms with Crippen molar-refractivity contribution >= 4 is 5.97 Å². The van der Waals surface area contributed by atoms with Crippen molar-refractivity contribution in [2.24, 2.45) is 5.73 Å². The van der Waals surface area contributed by atoms with Gasteiger partial charge < -0.3 is 15.6 Å². The highest BCUT2D eigenvalue weighted by Crippen LogP contribution is 2.54. The van der Waals surface area contributed by atoms with Gasteiger partial charge in [0.15, 0.2) is 0 Å². The molecule has 4 nitrogen and oxygen atoms in total. The molecule has 0 radical (unpaired) electrons. The topological polar surface area (TPSA) is 72.5 Å². The van der Waals surface area contributed by atoms with E-state index in [1.54, 1.807) is 6.92 Å². The Morgan fingerprint density at radius 1 is 0.788 bits per heavy atom. The molecular formula is C29H25NO3. The van der Waals surface area contributed by atoms with E-state index in [2.05, 4.69) is 42.5 Å². The Balaban J connectivity index is 1.79. The highest BCUT2D eigenvalue weighted by atomic mass is 16.5. The molecule has 0 heterocycles. The first kappa shape index (κ1) is 21.1. The van der Waals surface area contributed by atoms with Gasteiger partial charge in [0.25, 0.3) is 0 Å². The molecule has 0 saturated heterocycles. The highest BCUT2D eigenvalue weighted by molar-refractivity contribution is 5.85. The second-order valence-corrected chi connectivity index (χ2v) is 8.41. The molecule has 3 N–H and O–H groups in total. The summed E-state index contributed by atoms with van der Waals surface area (Å²) >= 11 is 0. The molecule has 33 heavy (non-hydrogen) atoms. The Morgan fingerprint density at radius 3 is 2.09 bits per heavy atom. The molecule has 4 heteroatoms. The summed E-state index contributed by atoms with van der Waals surface area (Å²) < 4.78 is 6.75. The van der Waals surface area contributed by atoms with Crippen LogP contribution in [-0.4, -0.2) is 23.2 Å². The molecule has 1 aliphatic rings. The molecule has 0 spiro atoms. The van der Waals surface area contributed by atoms with Crippen molar-refractivity contribution in [2.75, 3.05) is 0 Å². The monoisotopic (exact) mass is 435 g/mol. The zero-order valence-electron chi connectivity index (χ0n) is 18.3. The molecular weight excluding hydrogens is 410 g/mol. The first-order valence-electron chi connectivity index (χ1n) is 11.0. The van der Waals surface area contributed by atoms with E-state index in [9.17, 15) is 9.90 Å². The molecule has 2 unspecified atom stereocenters. The number of ether oxygens (including phenoxy) is 1. The Labute approximate surface area is 193 Å². The van der Waals surface area contributed by atoms with Crippen molar-refractivity contribution < 1.29 is 14.6 Å². The maximum Gasteiger partial charge on any atom is 0.323 e. The molecule has 0 amide bonds. The Morgan fingerprint density at radius 2 is 1.39 bits per heavy atom. The molecule has 1 aliphatic carbocycles. The van der Waals surface area contributed by atoms with Crippen LogP contribution < -0.4 is 5.73 Å². The number of carbonyl (C=O) groups is 1. The zero-order chi connectivity index (χ0) is 23.0. The predicted molar refractivity (Wildman–Crippen MR) is 130 cm³/mol. The lowest BCUT2D eigenvalue weighted by atomic mass is 9.82. The number of carboxylic acid groups (broad SMARTS) is 1. The second kappa shape index (κ2) is 8.32. The van der Waals surface area contributed by atoms with Gasteiger partial charge in [-0.2, -0.15) is 0 Å². The summed E-state index contributed by atoms with van der Waals surface area (Å²) in [6.07, 6.45) is -0.734. The summed E-state index contributed by atoms with van der Waals surface area (Å²) in [5, 5.41) is 9.56. The summed E-state index contributed by atoms with van der Waals surface area (Å²) in [5.41, 5.74) is 12.3. The zero-order valence-corrected chi connectivity index (χ0v) is 18.3. The van der Waals surface area contributed by atoms with Crippen LogP contribution in [0.15, 0.2) is 103 Å². The van der Waals surface area contributed by atoms with E-state index in [1.165, 1.54) is 0 Å². The molecule has 5 rings (SSSR count). The lowest BCUT2D eigenvalue weighted by Gasteiger charge is -2.36. The van der Waals surface area contributed by atoms with E-state index in [1.807, 2.05) is 60.7 Å². The quantitative estimate of drug-likeness (QED) is 0.423. The van der Waals surface area contributed by atoms with Crippen molar-refractivity contribution in [3.05, 3.63) is 120 Å². The van der Waals surface area contributed by atoms with Crippen molar-refractivity contribution in [3.63, 3.8) is 0 Å². The van der Waals surface area contributed by atoms with Crippen LogP contribution in [0.3, 0.4) is 0 Å². The van der Waals surface area contributed by atoms with Gasteiger partial charge in [-0.1, -0.05) is 97.1 Å². The average Bonchev–Trinajstić information content (AvgIpc) is 3.14. The lowest BCUT2D eigenvalue weighted by Crippen LogP contribution is -2.46.